The Morgan fingerprint density at radius 1 is 0.956 bits per heavy atom. The van der Waals surface area contributed by atoms with E-state index in [1.54, 1.807) is 77.7 Å². The maximum Gasteiger partial charge on any atom is 0.410 e. The van der Waals surface area contributed by atoms with E-state index in [2.05, 4.69) is 42.7 Å². The molecule has 1 fully saturated rings. The number of amides is 5. The van der Waals surface area contributed by atoms with Gasteiger partial charge in [-0.1, -0.05) is 107 Å². The number of ether oxygens (including phenoxy) is 3. The minimum Gasteiger partial charge on any atom is -0.448 e. The summed E-state index contributed by atoms with van der Waals surface area (Å²) in [6.07, 6.45) is 4.30. The number of aliphatic hydroxyl groups is 2. The van der Waals surface area contributed by atoms with Crippen LogP contribution in [0.25, 0.3) is 11.1 Å². The van der Waals surface area contributed by atoms with Gasteiger partial charge in [0.2, 0.25) is 23.6 Å². The second kappa shape index (κ2) is 25.3. The van der Waals surface area contributed by atoms with Gasteiger partial charge in [0, 0.05) is 40.8 Å². The molecule has 0 aromatic heterocycles. The number of allylic oxidation sites excluding steroid dienone is 2. The second-order valence-electron chi connectivity index (χ2n) is 19.3. The molecule has 2 aromatic rings. The number of carbonyl (C=O) groups excluding carboxylic acids is 5. The highest BCUT2D eigenvalue weighted by atomic mass is 16.6. The summed E-state index contributed by atoms with van der Waals surface area (Å²) in [5, 5.41) is 23.8. The molecule has 0 saturated carbocycles. The number of nitrogens with one attached hydrogen (secondary N) is 1. The molecule has 8 atom stereocenters. The van der Waals surface area contributed by atoms with Gasteiger partial charge < -0.3 is 45.3 Å². The van der Waals surface area contributed by atoms with Crippen molar-refractivity contribution in [2.75, 3.05) is 41.5 Å². The summed E-state index contributed by atoms with van der Waals surface area (Å²) in [6, 6.07) is 15.0. The third-order valence-corrected chi connectivity index (χ3v) is 13.7. The van der Waals surface area contributed by atoms with Gasteiger partial charge in [0.1, 0.15) is 12.1 Å². The Hall–Kier alpha value is -5.35. The van der Waals surface area contributed by atoms with Crippen molar-refractivity contribution in [3.8, 4) is 11.1 Å². The van der Waals surface area contributed by atoms with Crippen LogP contribution in [-0.4, -0.2) is 144 Å². The maximum absolute atomic E-state index is 13.8. The van der Waals surface area contributed by atoms with Crippen molar-refractivity contribution in [1.82, 2.24) is 20.0 Å². The van der Waals surface area contributed by atoms with Crippen molar-refractivity contribution in [2.45, 2.75) is 141 Å². The van der Waals surface area contributed by atoms with Crippen LogP contribution >= 0.6 is 0 Å². The Morgan fingerprint density at radius 2 is 1.53 bits per heavy atom. The lowest BCUT2D eigenvalue weighted by atomic mass is 9.89. The lowest BCUT2D eigenvalue weighted by molar-refractivity contribution is -0.147. The number of benzene rings is 2. The lowest BCUT2D eigenvalue weighted by Gasteiger charge is -2.40. The molecule has 4 rings (SSSR count). The van der Waals surface area contributed by atoms with Crippen LogP contribution in [0.2, 0.25) is 0 Å². The normalized spacial score (nSPS) is 17.9. The van der Waals surface area contributed by atoms with E-state index in [-0.39, 0.29) is 61.1 Å². The van der Waals surface area contributed by atoms with E-state index in [0.717, 1.165) is 24.0 Å². The molecule has 8 unspecified atom stereocenters. The molecule has 68 heavy (non-hydrogen) atoms. The quantitative estimate of drug-likeness (QED) is 0.0963. The fourth-order valence-corrected chi connectivity index (χ4v) is 9.05. The molecular formula is C53H79N5O10. The predicted octanol–water partition coefficient (Wildman–Crippen LogP) is 6.36. The molecule has 1 aliphatic heterocycles. The van der Waals surface area contributed by atoms with Crippen LogP contribution < -0.4 is 11.1 Å². The van der Waals surface area contributed by atoms with Gasteiger partial charge in [-0.3, -0.25) is 24.1 Å². The number of carbonyl (C=O) groups is 5. The SMILES string of the molecule is C=C/C=C(\C=C)C(O)C(C)NC(=O)C(C)C(OC)C1CCCN1C(=O)CC(OC)C(C(C)CC)N(C)C(=O)CC(C)(C)O.CN(C(=O)OCC1c2ccccc2-c2ccccc21)C(C)(C)C(N)=O. The van der Waals surface area contributed by atoms with E-state index in [9.17, 15) is 34.2 Å². The van der Waals surface area contributed by atoms with Crippen molar-refractivity contribution in [3.05, 3.63) is 96.6 Å². The zero-order valence-electron chi connectivity index (χ0n) is 42.5. The molecule has 2 aliphatic rings. The number of likely N-dealkylation sites (tertiary alicyclic amines) is 1. The van der Waals surface area contributed by atoms with E-state index >= 15 is 0 Å². The Kier molecular flexibility index (Phi) is 21.2. The Morgan fingerprint density at radius 3 is 2.01 bits per heavy atom. The van der Waals surface area contributed by atoms with Gasteiger partial charge in [-0.05, 0) is 81.2 Å². The van der Waals surface area contributed by atoms with Crippen molar-refractivity contribution in [2.24, 2.45) is 17.6 Å². The summed E-state index contributed by atoms with van der Waals surface area (Å²) in [5.41, 5.74) is 8.28. The summed E-state index contributed by atoms with van der Waals surface area (Å²) in [7, 11) is 6.30. The van der Waals surface area contributed by atoms with E-state index in [1.807, 2.05) is 38.1 Å². The van der Waals surface area contributed by atoms with Crippen LogP contribution in [0.5, 0.6) is 0 Å². The third-order valence-electron chi connectivity index (χ3n) is 13.7. The minimum absolute atomic E-state index is 0.0126. The number of fused-ring (bicyclic) bond motifs is 3. The molecule has 5 amide bonds. The molecule has 0 radical (unpaired) electrons. The number of likely N-dealkylation sites (N-methyl/N-ethyl adjacent to an activating group) is 2. The first-order valence-electron chi connectivity index (χ1n) is 23.6. The average Bonchev–Trinajstić information content (AvgIpc) is 3.92. The van der Waals surface area contributed by atoms with Crippen molar-refractivity contribution >= 4 is 29.7 Å². The third kappa shape index (κ3) is 14.1. The van der Waals surface area contributed by atoms with Crippen molar-refractivity contribution in [1.29, 1.82) is 0 Å². The van der Waals surface area contributed by atoms with Gasteiger partial charge in [-0.15, -0.1) is 0 Å². The first-order valence-corrected chi connectivity index (χ1v) is 23.6. The summed E-state index contributed by atoms with van der Waals surface area (Å²) >= 11 is 0. The Bertz CT molecular complexity index is 2050. The number of nitrogens with two attached hydrogens (primary N) is 1. The number of methoxy groups -OCH3 is 2. The van der Waals surface area contributed by atoms with Crippen LogP contribution in [0, 0.1) is 11.8 Å². The molecule has 1 aliphatic carbocycles. The van der Waals surface area contributed by atoms with Crippen molar-refractivity contribution in [3.63, 3.8) is 0 Å². The van der Waals surface area contributed by atoms with Crippen LogP contribution in [0.3, 0.4) is 0 Å². The summed E-state index contributed by atoms with van der Waals surface area (Å²) in [5.74, 6) is -1.80. The molecule has 15 heteroatoms. The zero-order valence-corrected chi connectivity index (χ0v) is 42.5. The Labute approximate surface area is 404 Å². The smallest absolute Gasteiger partial charge is 0.410 e. The first kappa shape index (κ1) is 57.0. The van der Waals surface area contributed by atoms with Crippen molar-refractivity contribution < 1.29 is 48.4 Å². The fraction of sp³-hybridized carbons (Fsp3) is 0.566. The van der Waals surface area contributed by atoms with Gasteiger partial charge in [-0.2, -0.15) is 0 Å². The Balaban J connectivity index is 0.000000411. The highest BCUT2D eigenvalue weighted by Crippen LogP contribution is 2.44. The lowest BCUT2D eigenvalue weighted by Crippen LogP contribution is -2.54. The van der Waals surface area contributed by atoms with Crippen LogP contribution in [-0.2, 0) is 33.4 Å². The molecule has 376 valence electrons. The second-order valence-corrected chi connectivity index (χ2v) is 19.3. The molecule has 15 nitrogen and oxygen atoms in total. The highest BCUT2D eigenvalue weighted by molar-refractivity contribution is 5.88. The summed E-state index contributed by atoms with van der Waals surface area (Å²) in [6.45, 7) is 22.0. The van der Waals surface area contributed by atoms with Gasteiger partial charge in [0.05, 0.1) is 60.8 Å². The average molecular weight is 946 g/mol. The largest absolute Gasteiger partial charge is 0.448 e. The zero-order chi connectivity index (χ0) is 51.3. The predicted molar refractivity (Wildman–Crippen MR) is 265 cm³/mol. The van der Waals surface area contributed by atoms with Crippen LogP contribution in [0.15, 0.2) is 85.5 Å². The van der Waals surface area contributed by atoms with E-state index in [0.29, 0.717) is 18.5 Å². The van der Waals surface area contributed by atoms with Gasteiger partial charge in [0.25, 0.3) is 0 Å². The number of rotatable bonds is 22. The molecule has 5 N–H and O–H groups in total. The highest BCUT2D eigenvalue weighted by Gasteiger charge is 2.43. The van der Waals surface area contributed by atoms with Gasteiger partial charge in [-0.25, -0.2) is 4.79 Å². The maximum atomic E-state index is 13.8. The molecule has 1 saturated heterocycles. The fourth-order valence-electron chi connectivity index (χ4n) is 9.05. The van der Waals surface area contributed by atoms with Crippen LogP contribution in [0.1, 0.15) is 105 Å². The van der Waals surface area contributed by atoms with E-state index in [4.69, 9.17) is 19.9 Å². The van der Waals surface area contributed by atoms with Gasteiger partial charge >= 0.3 is 6.09 Å². The number of aliphatic hydroxyl groups excluding tert-OH is 1. The minimum atomic E-state index is -1.16. The number of primary amides is 1. The molecule has 0 spiro atoms. The number of hydrogen-bond acceptors (Lipinski definition) is 10. The topological polar surface area (TPSA) is 201 Å². The van der Waals surface area contributed by atoms with Gasteiger partial charge in [0.15, 0.2) is 0 Å². The standard InChI is InChI=1S/C33H57N3O7.C20H22N2O3/c1-12-16-24(14-3)30(39)23(6)34-32(40)22(5)31(43-11)25-17-15-18-36(25)27(37)19-26(42-10)29(21(4)13-2)35(9)28(38)20-33(7,8)41;1-20(2,18(21)23)22(3)19(24)25-12-17-15-10-6-4-8-13(15)14-9-5-7-11-16(14)17/h12,14,16,21-23,25-26,29-31,39,41H,1,3,13,15,17-20H2,2,4-11H3,(H,34,40);4-11,17H,12H2,1-3H3,(H2,21,23)/b24-16+;. The molecular weight excluding hydrogens is 867 g/mol. The molecule has 2 aromatic carbocycles. The monoisotopic (exact) mass is 946 g/mol. The summed E-state index contributed by atoms with van der Waals surface area (Å²) < 4.78 is 17.2. The number of nitrogens with zero attached hydrogens (tertiary/aromatic N) is 3. The van der Waals surface area contributed by atoms with E-state index in [1.165, 1.54) is 36.3 Å². The summed E-state index contributed by atoms with van der Waals surface area (Å²) in [4.78, 5) is 68.6. The van der Waals surface area contributed by atoms with E-state index < -0.39 is 53.4 Å². The first-order chi connectivity index (χ1) is 31.9. The number of hydrogen-bond donors (Lipinski definition) is 4. The molecule has 0 bridgehead atoms. The van der Waals surface area contributed by atoms with Crippen LogP contribution in [0.4, 0.5) is 4.79 Å². The molecule has 1 heterocycles.